The van der Waals surface area contributed by atoms with Crippen LogP contribution in [0.5, 0.6) is 0 Å². The van der Waals surface area contributed by atoms with Crippen molar-refractivity contribution in [3.8, 4) is 0 Å². The molecule has 0 atom stereocenters. The minimum atomic E-state index is -3.59. The summed E-state index contributed by atoms with van der Waals surface area (Å²) in [5.41, 5.74) is 1.88. The molecule has 0 saturated heterocycles. The largest absolute Gasteiger partial charge is 0.380 e. The number of nitrogens with one attached hydrogen (secondary N) is 1. The number of hydrogen-bond donors (Lipinski definition) is 1. The highest BCUT2D eigenvalue weighted by Crippen LogP contribution is 2.25. The van der Waals surface area contributed by atoms with Crippen molar-refractivity contribution in [3.63, 3.8) is 0 Å². The Morgan fingerprint density at radius 2 is 1.82 bits per heavy atom. The molecule has 22 heavy (non-hydrogen) atoms. The maximum Gasteiger partial charge on any atom is 0.242 e. The van der Waals surface area contributed by atoms with Crippen LogP contribution < -0.4 is 4.72 Å². The van der Waals surface area contributed by atoms with Crippen molar-refractivity contribution in [1.82, 2.24) is 4.72 Å². The van der Waals surface area contributed by atoms with E-state index in [9.17, 15) is 8.42 Å². The quantitative estimate of drug-likeness (QED) is 0.730. The third kappa shape index (κ3) is 4.63. The van der Waals surface area contributed by atoms with Gasteiger partial charge >= 0.3 is 0 Å². The number of halogens is 2. The lowest BCUT2D eigenvalue weighted by Crippen LogP contribution is -2.23. The predicted octanol–water partition coefficient (Wildman–Crippen LogP) is 3.84. The number of sulfonamides is 1. The van der Waals surface area contributed by atoms with E-state index in [0.717, 1.165) is 11.1 Å². The van der Waals surface area contributed by atoms with Crippen LogP contribution in [0.3, 0.4) is 0 Å². The smallest absolute Gasteiger partial charge is 0.242 e. The lowest BCUT2D eigenvalue weighted by Gasteiger charge is -2.10. The van der Waals surface area contributed by atoms with E-state index in [-0.39, 0.29) is 11.4 Å². The van der Waals surface area contributed by atoms with Crippen LogP contribution in [0.25, 0.3) is 0 Å². The molecule has 0 spiro atoms. The van der Waals surface area contributed by atoms with Gasteiger partial charge in [0.15, 0.2) is 0 Å². The van der Waals surface area contributed by atoms with Crippen LogP contribution in [0.4, 0.5) is 0 Å². The van der Waals surface area contributed by atoms with Crippen LogP contribution in [0.1, 0.15) is 11.1 Å². The Hall–Kier alpha value is -0.730. The number of benzene rings is 2. The first-order chi connectivity index (χ1) is 10.4. The van der Waals surface area contributed by atoms with E-state index in [2.05, 4.69) is 36.6 Å². The Balaban J connectivity index is 2.16. The summed E-state index contributed by atoms with van der Waals surface area (Å²) >= 11 is 6.55. The van der Waals surface area contributed by atoms with Gasteiger partial charge in [0.25, 0.3) is 0 Å². The minimum absolute atomic E-state index is 0.204. The van der Waals surface area contributed by atoms with E-state index in [0.29, 0.717) is 15.6 Å². The zero-order valence-corrected chi connectivity index (χ0v) is 15.8. The fraction of sp³-hybridized carbons (Fsp3) is 0.200. The van der Waals surface area contributed by atoms with Crippen molar-refractivity contribution in [1.29, 1.82) is 0 Å². The van der Waals surface area contributed by atoms with E-state index < -0.39 is 10.0 Å². The molecular weight excluding hydrogens is 434 g/mol. The number of rotatable bonds is 6. The highest BCUT2D eigenvalue weighted by Gasteiger charge is 2.17. The van der Waals surface area contributed by atoms with Crippen molar-refractivity contribution < 1.29 is 13.2 Å². The van der Waals surface area contributed by atoms with Gasteiger partial charge in [-0.05, 0) is 45.3 Å². The maximum atomic E-state index is 12.4. The molecule has 0 heterocycles. The molecule has 118 valence electrons. The Morgan fingerprint density at radius 1 is 1.09 bits per heavy atom. The van der Waals surface area contributed by atoms with Crippen LogP contribution >= 0.6 is 31.9 Å². The number of methoxy groups -OCH3 is 1. The molecule has 0 aliphatic rings. The van der Waals surface area contributed by atoms with Gasteiger partial charge in [-0.3, -0.25) is 0 Å². The van der Waals surface area contributed by atoms with E-state index in [1.54, 1.807) is 25.3 Å². The molecule has 0 radical (unpaired) electrons. The molecule has 0 saturated carbocycles. The van der Waals surface area contributed by atoms with Gasteiger partial charge in [-0.25, -0.2) is 13.1 Å². The third-order valence-corrected chi connectivity index (χ3v) is 5.84. The highest BCUT2D eigenvalue weighted by molar-refractivity contribution is 9.11. The normalized spacial score (nSPS) is 11.6. The van der Waals surface area contributed by atoms with E-state index in [4.69, 9.17) is 4.74 Å². The zero-order chi connectivity index (χ0) is 16.2. The van der Waals surface area contributed by atoms with Gasteiger partial charge in [0.1, 0.15) is 0 Å². The van der Waals surface area contributed by atoms with Gasteiger partial charge in [0.05, 0.1) is 11.5 Å². The van der Waals surface area contributed by atoms with Crippen molar-refractivity contribution in [3.05, 3.63) is 62.5 Å². The summed E-state index contributed by atoms with van der Waals surface area (Å²) in [4.78, 5) is 0.204. The average molecular weight is 449 g/mol. The molecule has 0 aromatic heterocycles. The van der Waals surface area contributed by atoms with Gasteiger partial charge in [-0.2, -0.15) is 0 Å². The van der Waals surface area contributed by atoms with Crippen LogP contribution in [0.2, 0.25) is 0 Å². The molecule has 2 aromatic carbocycles. The zero-order valence-electron chi connectivity index (χ0n) is 11.8. The van der Waals surface area contributed by atoms with Gasteiger partial charge < -0.3 is 4.74 Å². The molecule has 0 aliphatic carbocycles. The lowest BCUT2D eigenvalue weighted by atomic mass is 10.1. The van der Waals surface area contributed by atoms with Gasteiger partial charge in [-0.15, -0.1) is 0 Å². The second kappa shape index (κ2) is 7.70. The second-order valence-electron chi connectivity index (χ2n) is 4.65. The lowest BCUT2D eigenvalue weighted by molar-refractivity contribution is 0.185. The predicted molar refractivity (Wildman–Crippen MR) is 93.0 cm³/mol. The Kier molecular flexibility index (Phi) is 6.17. The summed E-state index contributed by atoms with van der Waals surface area (Å²) in [6.45, 7) is 0.719. The topological polar surface area (TPSA) is 55.4 Å². The summed E-state index contributed by atoms with van der Waals surface area (Å²) in [7, 11) is -1.97. The molecule has 1 N–H and O–H groups in total. The summed E-state index contributed by atoms with van der Waals surface area (Å²) in [5, 5.41) is 0. The molecule has 0 bridgehead atoms. The molecule has 2 aromatic rings. The highest BCUT2D eigenvalue weighted by atomic mass is 79.9. The summed E-state index contributed by atoms with van der Waals surface area (Å²) in [6, 6.07) is 12.6. The van der Waals surface area contributed by atoms with Crippen molar-refractivity contribution >= 4 is 41.9 Å². The Bertz CT molecular complexity index is 763. The second-order valence-corrected chi connectivity index (χ2v) is 8.16. The first-order valence-corrected chi connectivity index (χ1v) is 9.51. The molecule has 0 aliphatic heterocycles. The first-order valence-electron chi connectivity index (χ1n) is 6.44. The minimum Gasteiger partial charge on any atom is -0.380 e. The van der Waals surface area contributed by atoms with E-state index >= 15 is 0 Å². The van der Waals surface area contributed by atoms with E-state index in [1.165, 1.54) is 0 Å². The van der Waals surface area contributed by atoms with Crippen LogP contribution in [0, 0.1) is 0 Å². The third-order valence-electron chi connectivity index (χ3n) is 2.95. The SMILES string of the molecule is COCc1cccc(CNS(=O)(=O)c2cc(Br)ccc2Br)c1. The average Bonchev–Trinajstić information content (AvgIpc) is 2.48. The summed E-state index contributed by atoms with van der Waals surface area (Å²) < 4.78 is 33.7. The maximum absolute atomic E-state index is 12.4. The Morgan fingerprint density at radius 3 is 2.55 bits per heavy atom. The van der Waals surface area contributed by atoms with Gasteiger partial charge in [-0.1, -0.05) is 40.2 Å². The Labute approximate surface area is 147 Å². The standard InChI is InChI=1S/C15H15Br2NO3S/c1-21-10-12-4-2-3-11(7-12)9-18-22(19,20)15-8-13(16)5-6-14(15)17/h2-8,18H,9-10H2,1H3. The molecule has 2 rings (SSSR count). The van der Waals surface area contributed by atoms with Gasteiger partial charge in [0.2, 0.25) is 10.0 Å². The van der Waals surface area contributed by atoms with Crippen LogP contribution in [0.15, 0.2) is 56.3 Å². The summed E-state index contributed by atoms with van der Waals surface area (Å²) in [5.74, 6) is 0. The molecule has 4 nitrogen and oxygen atoms in total. The van der Waals surface area contributed by atoms with Crippen LogP contribution in [-0.2, 0) is 27.9 Å². The number of ether oxygens (including phenoxy) is 1. The van der Waals surface area contributed by atoms with Crippen molar-refractivity contribution in [2.45, 2.75) is 18.0 Å². The number of hydrogen-bond acceptors (Lipinski definition) is 3. The van der Waals surface area contributed by atoms with E-state index in [1.807, 2.05) is 24.3 Å². The van der Waals surface area contributed by atoms with Crippen molar-refractivity contribution in [2.75, 3.05) is 7.11 Å². The molecule has 0 unspecified atom stereocenters. The molecule has 7 heteroatoms. The van der Waals surface area contributed by atoms with Crippen LogP contribution in [-0.4, -0.2) is 15.5 Å². The fourth-order valence-electron chi connectivity index (χ4n) is 1.94. The fourth-order valence-corrected chi connectivity index (χ4v) is 4.45. The molecule has 0 amide bonds. The molecule has 0 fully saturated rings. The first kappa shape index (κ1) is 17.6. The summed E-state index contributed by atoms with van der Waals surface area (Å²) in [6.07, 6.45) is 0. The monoisotopic (exact) mass is 447 g/mol. The molecular formula is C15H15Br2NO3S. The van der Waals surface area contributed by atoms with Gasteiger partial charge in [0, 0.05) is 22.6 Å². The van der Waals surface area contributed by atoms with Crippen molar-refractivity contribution in [2.24, 2.45) is 0 Å².